The molecule has 0 radical (unpaired) electrons. The van der Waals surface area contributed by atoms with Crippen molar-refractivity contribution >= 4 is 11.7 Å². The largest absolute Gasteiger partial charge is 0.487 e. The number of anilines is 1. The smallest absolute Gasteiger partial charge is 0.250 e. The maximum Gasteiger partial charge on any atom is 0.250 e. The third-order valence-electron chi connectivity index (χ3n) is 6.73. The molecule has 0 unspecified atom stereocenters. The van der Waals surface area contributed by atoms with Crippen molar-refractivity contribution in [2.75, 3.05) is 24.5 Å². The summed E-state index contributed by atoms with van der Waals surface area (Å²) in [6.07, 6.45) is 3.39. The summed E-state index contributed by atoms with van der Waals surface area (Å²) in [5.74, 6) is -0.596. The topological polar surface area (TPSA) is 80.6 Å². The minimum Gasteiger partial charge on any atom is -0.487 e. The Balaban J connectivity index is 1.42. The Kier molecular flexibility index (Phi) is 6.42. The van der Waals surface area contributed by atoms with E-state index in [9.17, 15) is 18.4 Å². The van der Waals surface area contributed by atoms with Crippen LogP contribution in [-0.2, 0) is 24.8 Å². The number of benzene rings is 1. The fourth-order valence-electron chi connectivity index (χ4n) is 4.68. The fourth-order valence-corrected chi connectivity index (χ4v) is 4.68. The van der Waals surface area contributed by atoms with Gasteiger partial charge in [-0.3, -0.25) is 9.59 Å². The second-order valence-electron chi connectivity index (χ2n) is 9.23. The fraction of sp³-hybridized carbons (Fsp3) is 0.385. The van der Waals surface area contributed by atoms with Gasteiger partial charge in [0, 0.05) is 76.8 Å². The zero-order chi connectivity index (χ0) is 25.4. The first-order valence-electron chi connectivity index (χ1n) is 12.0. The van der Waals surface area contributed by atoms with Crippen LogP contribution in [0.3, 0.4) is 0 Å². The molecule has 10 heteroatoms. The van der Waals surface area contributed by atoms with E-state index in [0.29, 0.717) is 51.1 Å². The second kappa shape index (κ2) is 9.67. The van der Waals surface area contributed by atoms with Crippen molar-refractivity contribution < 1.29 is 18.3 Å². The Labute approximate surface area is 207 Å². The van der Waals surface area contributed by atoms with Gasteiger partial charge in [0.05, 0.1) is 17.9 Å². The summed E-state index contributed by atoms with van der Waals surface area (Å²) in [4.78, 5) is 37.7. The van der Waals surface area contributed by atoms with Gasteiger partial charge in [-0.2, -0.15) is 0 Å². The molecule has 0 aliphatic carbocycles. The molecule has 0 N–H and O–H groups in total. The number of halogens is 2. The molecule has 188 valence electrons. The third-order valence-corrected chi connectivity index (χ3v) is 6.73. The van der Waals surface area contributed by atoms with Gasteiger partial charge in [-0.05, 0) is 18.2 Å². The summed E-state index contributed by atoms with van der Waals surface area (Å²) in [6.45, 7) is 3.76. The van der Waals surface area contributed by atoms with E-state index in [2.05, 4.69) is 4.90 Å². The molecule has 2 aliphatic heterocycles. The number of hydrogen-bond donors (Lipinski definition) is 0. The Hall–Kier alpha value is -3.82. The summed E-state index contributed by atoms with van der Waals surface area (Å²) >= 11 is 0. The van der Waals surface area contributed by atoms with E-state index in [0.717, 1.165) is 28.8 Å². The van der Waals surface area contributed by atoms with Crippen LogP contribution in [0.5, 0.6) is 5.75 Å². The number of pyridine rings is 1. The molecule has 1 amide bonds. The molecular formula is C26H27F2N5O3. The van der Waals surface area contributed by atoms with Crippen LogP contribution in [0.2, 0.25) is 0 Å². The highest BCUT2D eigenvalue weighted by molar-refractivity contribution is 5.74. The molecule has 5 rings (SSSR count). The van der Waals surface area contributed by atoms with Gasteiger partial charge in [0.1, 0.15) is 17.6 Å². The molecule has 0 spiro atoms. The highest BCUT2D eigenvalue weighted by Gasteiger charge is 2.28. The molecule has 1 fully saturated rings. The van der Waals surface area contributed by atoms with Crippen LogP contribution in [0.1, 0.15) is 31.2 Å². The molecule has 2 aromatic heterocycles. The molecule has 8 nitrogen and oxygen atoms in total. The van der Waals surface area contributed by atoms with Gasteiger partial charge in [-0.15, -0.1) is 0 Å². The summed E-state index contributed by atoms with van der Waals surface area (Å²) in [5.41, 5.74) is 2.91. The molecule has 36 heavy (non-hydrogen) atoms. The van der Waals surface area contributed by atoms with Crippen molar-refractivity contribution in [3.05, 3.63) is 69.9 Å². The molecule has 0 bridgehead atoms. The van der Waals surface area contributed by atoms with Gasteiger partial charge >= 0.3 is 0 Å². The first-order chi connectivity index (χ1) is 17.3. The molecule has 1 aromatic carbocycles. The standard InChI is InChI=1S/C26H27F2N5O3/c1-16(34)33-12-9-21-22(15-33)29-25(17-3-6-24(35)31(2)14-17)26(30-21)32-10-7-19(8-11-32)36-23-5-4-18(27)13-20(23)28/h3-6,13-14,19H,7-12,15H2,1-2H3. The summed E-state index contributed by atoms with van der Waals surface area (Å²) in [5, 5.41) is 0. The van der Waals surface area contributed by atoms with Crippen LogP contribution in [-0.4, -0.2) is 51.1 Å². The van der Waals surface area contributed by atoms with Crippen molar-refractivity contribution in [3.8, 4) is 17.0 Å². The number of amides is 1. The number of piperidine rings is 1. The third kappa shape index (κ3) is 4.80. The van der Waals surface area contributed by atoms with Crippen LogP contribution < -0.4 is 15.2 Å². The van der Waals surface area contributed by atoms with Gasteiger partial charge in [0.25, 0.3) is 0 Å². The lowest BCUT2D eigenvalue weighted by Crippen LogP contribution is -2.40. The quantitative estimate of drug-likeness (QED) is 0.554. The number of rotatable bonds is 4. The average Bonchev–Trinajstić information content (AvgIpc) is 2.86. The average molecular weight is 496 g/mol. The van der Waals surface area contributed by atoms with Gasteiger partial charge in [-0.1, -0.05) is 0 Å². The van der Waals surface area contributed by atoms with E-state index in [4.69, 9.17) is 14.7 Å². The van der Waals surface area contributed by atoms with Crippen molar-refractivity contribution in [2.45, 2.75) is 38.8 Å². The highest BCUT2D eigenvalue weighted by Crippen LogP contribution is 2.32. The number of aryl methyl sites for hydroxylation is 1. The molecule has 4 heterocycles. The molecule has 3 aromatic rings. The van der Waals surface area contributed by atoms with Crippen LogP contribution >= 0.6 is 0 Å². The van der Waals surface area contributed by atoms with Crippen molar-refractivity contribution in [2.24, 2.45) is 7.05 Å². The van der Waals surface area contributed by atoms with Crippen molar-refractivity contribution in [3.63, 3.8) is 0 Å². The van der Waals surface area contributed by atoms with E-state index in [1.54, 1.807) is 31.1 Å². The predicted octanol–water partition coefficient (Wildman–Crippen LogP) is 3.07. The zero-order valence-corrected chi connectivity index (χ0v) is 20.2. The van der Waals surface area contributed by atoms with Gasteiger partial charge in [-0.25, -0.2) is 18.7 Å². The second-order valence-corrected chi connectivity index (χ2v) is 9.23. The molecule has 2 aliphatic rings. The Morgan fingerprint density at radius 3 is 2.53 bits per heavy atom. The normalized spacial score (nSPS) is 16.1. The Morgan fingerprint density at radius 2 is 1.83 bits per heavy atom. The van der Waals surface area contributed by atoms with Gasteiger partial charge in [0.15, 0.2) is 17.4 Å². The van der Waals surface area contributed by atoms with E-state index < -0.39 is 11.6 Å². The van der Waals surface area contributed by atoms with E-state index in [1.165, 1.54) is 22.8 Å². The van der Waals surface area contributed by atoms with Crippen LogP contribution in [0.15, 0.2) is 41.3 Å². The summed E-state index contributed by atoms with van der Waals surface area (Å²) in [6, 6.07) is 6.55. The number of aromatic nitrogens is 3. The number of nitrogens with zero attached hydrogens (tertiary/aromatic N) is 5. The number of carbonyl (C=O) groups is 1. The lowest BCUT2D eigenvalue weighted by atomic mass is 10.0. The minimum absolute atomic E-state index is 0.00477. The highest BCUT2D eigenvalue weighted by atomic mass is 19.1. The number of hydrogen-bond acceptors (Lipinski definition) is 6. The number of carbonyl (C=O) groups excluding carboxylic acids is 1. The summed E-state index contributed by atoms with van der Waals surface area (Å²) < 4.78 is 34.6. The number of fused-ring (bicyclic) bond motifs is 1. The molecular weight excluding hydrogens is 468 g/mol. The molecule has 0 saturated carbocycles. The Bertz CT molecular complexity index is 1370. The predicted molar refractivity (Wildman–Crippen MR) is 130 cm³/mol. The SMILES string of the molecule is CC(=O)N1CCc2nc(N3CCC(Oc4ccc(F)cc4F)CC3)c(-c3ccc(=O)n(C)c3)nc2C1. The first kappa shape index (κ1) is 23.9. The van der Waals surface area contributed by atoms with Crippen LogP contribution in [0.4, 0.5) is 14.6 Å². The zero-order valence-electron chi connectivity index (χ0n) is 20.2. The number of ether oxygens (including phenoxy) is 1. The molecule has 0 atom stereocenters. The maximum atomic E-state index is 14.0. The minimum atomic E-state index is -0.713. The van der Waals surface area contributed by atoms with E-state index in [-0.39, 0.29) is 23.3 Å². The monoisotopic (exact) mass is 495 g/mol. The maximum absolute atomic E-state index is 14.0. The van der Waals surface area contributed by atoms with E-state index >= 15 is 0 Å². The first-order valence-corrected chi connectivity index (χ1v) is 12.0. The van der Waals surface area contributed by atoms with Gasteiger partial charge < -0.3 is 19.1 Å². The van der Waals surface area contributed by atoms with Crippen LogP contribution in [0, 0.1) is 11.6 Å². The van der Waals surface area contributed by atoms with Crippen LogP contribution in [0.25, 0.3) is 11.3 Å². The molecule has 1 saturated heterocycles. The van der Waals surface area contributed by atoms with E-state index in [1.807, 2.05) is 0 Å². The van der Waals surface area contributed by atoms with Gasteiger partial charge in [0.2, 0.25) is 11.5 Å². The Morgan fingerprint density at radius 1 is 1.06 bits per heavy atom. The lowest BCUT2D eigenvalue weighted by molar-refractivity contribution is -0.129. The summed E-state index contributed by atoms with van der Waals surface area (Å²) in [7, 11) is 1.69. The van der Waals surface area contributed by atoms with Crippen molar-refractivity contribution in [1.82, 2.24) is 19.4 Å². The lowest BCUT2D eigenvalue weighted by Gasteiger charge is -2.35. The van der Waals surface area contributed by atoms with Crippen molar-refractivity contribution in [1.29, 1.82) is 0 Å².